The van der Waals surface area contributed by atoms with Crippen LogP contribution in [0.4, 0.5) is 9.18 Å². The Morgan fingerprint density at radius 3 is 2.75 bits per heavy atom. The quantitative estimate of drug-likeness (QED) is 0.836. The number of carbonyl (C=O) groups is 1. The van der Waals surface area contributed by atoms with Crippen molar-refractivity contribution in [3.8, 4) is 0 Å². The molecule has 0 fully saturated rings. The van der Waals surface area contributed by atoms with Crippen molar-refractivity contribution in [1.82, 2.24) is 0 Å². The Hall–Kier alpha value is -1.62. The van der Waals surface area contributed by atoms with Crippen molar-refractivity contribution < 1.29 is 18.7 Å². The molecule has 1 amide bonds. The molecule has 0 bridgehead atoms. The molecule has 1 atom stereocenters. The molecule has 0 radical (unpaired) electrons. The van der Waals surface area contributed by atoms with E-state index in [1.54, 1.807) is 18.2 Å². The number of halogens is 1. The van der Waals surface area contributed by atoms with Gasteiger partial charge in [-0.05, 0) is 6.07 Å². The van der Waals surface area contributed by atoms with Gasteiger partial charge in [0.1, 0.15) is 11.9 Å². The normalized spacial score (nSPS) is 12.1. The molecule has 4 nitrogen and oxygen atoms in total. The minimum Gasteiger partial charge on any atom is -0.441 e. The Morgan fingerprint density at radius 2 is 2.19 bits per heavy atom. The van der Waals surface area contributed by atoms with Gasteiger partial charge in [0.15, 0.2) is 0 Å². The number of ether oxygens (including phenoxy) is 2. The van der Waals surface area contributed by atoms with Gasteiger partial charge in [0.2, 0.25) is 0 Å². The Morgan fingerprint density at radius 1 is 1.50 bits per heavy atom. The highest BCUT2D eigenvalue weighted by molar-refractivity contribution is 5.65. The first-order valence-corrected chi connectivity index (χ1v) is 4.84. The molecule has 5 heteroatoms. The topological polar surface area (TPSA) is 61.6 Å². The zero-order chi connectivity index (χ0) is 12.0. The van der Waals surface area contributed by atoms with E-state index in [0.29, 0.717) is 18.6 Å². The zero-order valence-corrected chi connectivity index (χ0v) is 8.98. The maximum atomic E-state index is 13.4. The third-order valence-corrected chi connectivity index (χ3v) is 2.09. The van der Waals surface area contributed by atoms with Gasteiger partial charge in [-0.3, -0.25) is 0 Å². The van der Waals surface area contributed by atoms with Gasteiger partial charge < -0.3 is 15.2 Å². The molecule has 2 N–H and O–H groups in total. The van der Waals surface area contributed by atoms with E-state index in [0.717, 1.165) is 0 Å². The minimum atomic E-state index is -0.927. The van der Waals surface area contributed by atoms with Crippen LogP contribution >= 0.6 is 0 Å². The molecular formula is C11H14FNO3. The summed E-state index contributed by atoms with van der Waals surface area (Å²) < 4.78 is 23.1. The predicted molar refractivity (Wildman–Crippen MR) is 56.3 cm³/mol. The van der Waals surface area contributed by atoms with Crippen molar-refractivity contribution in [1.29, 1.82) is 0 Å². The van der Waals surface area contributed by atoms with E-state index >= 15 is 0 Å². The van der Waals surface area contributed by atoms with Crippen molar-refractivity contribution in [3.63, 3.8) is 0 Å². The van der Waals surface area contributed by atoms with Crippen LogP contribution in [-0.2, 0) is 9.47 Å². The van der Waals surface area contributed by atoms with Gasteiger partial charge in [-0.25, -0.2) is 9.18 Å². The van der Waals surface area contributed by atoms with Crippen LogP contribution in [0.5, 0.6) is 0 Å². The summed E-state index contributed by atoms with van der Waals surface area (Å²) in [6.07, 6.45) is -1.27. The molecule has 16 heavy (non-hydrogen) atoms. The number of carbonyl (C=O) groups excluding carboxylic acids is 1. The van der Waals surface area contributed by atoms with Crippen molar-refractivity contribution in [2.75, 3.05) is 13.7 Å². The molecule has 0 heterocycles. The van der Waals surface area contributed by atoms with Crippen LogP contribution in [0.3, 0.4) is 0 Å². The predicted octanol–water partition coefficient (Wildman–Crippen LogP) is 2.00. The van der Waals surface area contributed by atoms with Crippen LogP contribution in [0.2, 0.25) is 0 Å². The SMILES string of the molecule is COCC[C@@H](OC(N)=O)c1ccccc1F. The van der Waals surface area contributed by atoms with Gasteiger partial charge in [0, 0.05) is 19.1 Å². The van der Waals surface area contributed by atoms with Gasteiger partial charge >= 0.3 is 6.09 Å². The lowest BCUT2D eigenvalue weighted by atomic mass is 10.1. The molecule has 0 saturated carbocycles. The molecule has 0 spiro atoms. The number of nitrogens with two attached hydrogens (primary N) is 1. The maximum Gasteiger partial charge on any atom is 0.405 e. The number of methoxy groups -OCH3 is 1. The molecule has 0 unspecified atom stereocenters. The Balaban J connectivity index is 2.82. The maximum absolute atomic E-state index is 13.4. The van der Waals surface area contributed by atoms with Crippen molar-refractivity contribution in [3.05, 3.63) is 35.6 Å². The van der Waals surface area contributed by atoms with Crippen molar-refractivity contribution >= 4 is 6.09 Å². The van der Waals surface area contributed by atoms with Gasteiger partial charge in [-0.1, -0.05) is 18.2 Å². The van der Waals surface area contributed by atoms with Gasteiger partial charge in [-0.15, -0.1) is 0 Å². The highest BCUT2D eigenvalue weighted by Gasteiger charge is 2.18. The van der Waals surface area contributed by atoms with Crippen LogP contribution in [-0.4, -0.2) is 19.8 Å². The average Bonchev–Trinajstić information content (AvgIpc) is 2.24. The summed E-state index contributed by atoms with van der Waals surface area (Å²) in [6, 6.07) is 6.09. The largest absolute Gasteiger partial charge is 0.441 e. The molecule has 0 aromatic heterocycles. The summed E-state index contributed by atoms with van der Waals surface area (Å²) >= 11 is 0. The zero-order valence-electron chi connectivity index (χ0n) is 8.98. The fraction of sp³-hybridized carbons (Fsp3) is 0.364. The van der Waals surface area contributed by atoms with Crippen LogP contribution in [0, 0.1) is 5.82 Å². The smallest absolute Gasteiger partial charge is 0.405 e. The number of benzene rings is 1. The van der Waals surface area contributed by atoms with E-state index in [-0.39, 0.29) is 0 Å². The highest BCUT2D eigenvalue weighted by atomic mass is 19.1. The average molecular weight is 227 g/mol. The molecular weight excluding hydrogens is 213 g/mol. The Bertz CT molecular complexity index is 357. The van der Waals surface area contributed by atoms with Crippen molar-refractivity contribution in [2.24, 2.45) is 5.73 Å². The molecule has 0 aliphatic heterocycles. The molecule has 0 saturated heterocycles. The van der Waals surface area contributed by atoms with Gasteiger partial charge in [-0.2, -0.15) is 0 Å². The second kappa shape index (κ2) is 6.07. The summed E-state index contributed by atoms with van der Waals surface area (Å²) in [4.78, 5) is 10.7. The van der Waals surface area contributed by atoms with Gasteiger partial charge in [0.05, 0.1) is 6.61 Å². The molecule has 1 aromatic rings. The number of rotatable bonds is 5. The van der Waals surface area contributed by atoms with Crippen LogP contribution < -0.4 is 5.73 Å². The summed E-state index contributed by atoms with van der Waals surface area (Å²) in [5.41, 5.74) is 5.23. The molecule has 0 aliphatic carbocycles. The number of primary amides is 1. The third-order valence-electron chi connectivity index (χ3n) is 2.09. The van der Waals surface area contributed by atoms with E-state index in [2.05, 4.69) is 0 Å². The monoisotopic (exact) mass is 227 g/mol. The number of hydrogen-bond donors (Lipinski definition) is 1. The van der Waals surface area contributed by atoms with Crippen LogP contribution in [0.1, 0.15) is 18.1 Å². The molecule has 1 rings (SSSR count). The molecule has 0 aliphatic rings. The summed E-state index contributed by atoms with van der Waals surface area (Å²) in [7, 11) is 1.52. The number of amides is 1. The second-order valence-corrected chi connectivity index (χ2v) is 3.23. The first-order valence-electron chi connectivity index (χ1n) is 4.84. The van der Waals surface area contributed by atoms with E-state index in [1.807, 2.05) is 0 Å². The standard InChI is InChI=1S/C11H14FNO3/c1-15-7-6-10(16-11(13)14)8-4-2-3-5-9(8)12/h2-5,10H,6-7H2,1H3,(H2,13,14)/t10-/m1/s1. The molecule has 88 valence electrons. The third kappa shape index (κ3) is 3.51. The van der Waals surface area contributed by atoms with Crippen LogP contribution in [0.15, 0.2) is 24.3 Å². The summed E-state index contributed by atoms with van der Waals surface area (Å²) in [6.45, 7) is 0.353. The minimum absolute atomic E-state index is 0.304. The summed E-state index contributed by atoms with van der Waals surface area (Å²) in [5.74, 6) is -0.426. The van der Waals surface area contributed by atoms with Crippen LogP contribution in [0.25, 0.3) is 0 Å². The Kier molecular flexibility index (Phi) is 4.72. The fourth-order valence-electron chi connectivity index (χ4n) is 1.38. The van der Waals surface area contributed by atoms with E-state index in [4.69, 9.17) is 15.2 Å². The number of hydrogen-bond acceptors (Lipinski definition) is 3. The fourth-order valence-corrected chi connectivity index (χ4v) is 1.38. The lowest BCUT2D eigenvalue weighted by Gasteiger charge is -2.17. The van der Waals surface area contributed by atoms with E-state index < -0.39 is 18.0 Å². The van der Waals surface area contributed by atoms with E-state index in [9.17, 15) is 9.18 Å². The van der Waals surface area contributed by atoms with E-state index in [1.165, 1.54) is 13.2 Å². The molecule has 1 aromatic carbocycles. The lowest BCUT2D eigenvalue weighted by molar-refractivity contribution is 0.0757. The summed E-state index contributed by atoms with van der Waals surface area (Å²) in [5, 5.41) is 0. The lowest BCUT2D eigenvalue weighted by Crippen LogP contribution is -2.19. The second-order valence-electron chi connectivity index (χ2n) is 3.23. The Labute approximate surface area is 93.2 Å². The first-order chi connectivity index (χ1) is 7.65. The van der Waals surface area contributed by atoms with Crippen molar-refractivity contribution in [2.45, 2.75) is 12.5 Å². The highest BCUT2D eigenvalue weighted by Crippen LogP contribution is 2.23. The first kappa shape index (κ1) is 12.4. The van der Waals surface area contributed by atoms with Gasteiger partial charge in [0.25, 0.3) is 0 Å².